The number of nitrogens with one attached hydrogen (secondary N) is 3. The minimum Gasteiger partial charge on any atom is -0.354 e. The van der Waals surface area contributed by atoms with Crippen LogP contribution in [0, 0.1) is 5.92 Å². The van der Waals surface area contributed by atoms with Crippen molar-refractivity contribution in [2.24, 2.45) is 13.0 Å². The smallest absolute Gasteiger partial charge is 0.273 e. The number of aromatic nitrogens is 6. The van der Waals surface area contributed by atoms with Gasteiger partial charge in [0.25, 0.3) is 5.91 Å². The third-order valence-corrected chi connectivity index (χ3v) is 5.60. The molecule has 1 saturated carbocycles. The first-order valence-electron chi connectivity index (χ1n) is 10.4. The second kappa shape index (κ2) is 7.65. The molecule has 3 N–H and O–H groups in total. The number of carbonyl (C=O) groups is 2. The van der Waals surface area contributed by atoms with Gasteiger partial charge in [-0.3, -0.25) is 9.59 Å². The Bertz CT molecular complexity index is 1310. The first kappa shape index (κ1) is 20.5. The average molecular weight is 446 g/mol. The monoisotopic (exact) mass is 446 g/mol. The van der Waals surface area contributed by atoms with Crippen LogP contribution >= 0.6 is 0 Å². The Balaban J connectivity index is 1.57. The van der Waals surface area contributed by atoms with E-state index in [-0.39, 0.29) is 23.3 Å². The number of hydrogen-bond acceptors (Lipinski definition) is 9. The molecule has 33 heavy (non-hydrogen) atoms. The Morgan fingerprint density at radius 3 is 2.64 bits per heavy atom. The number of fused-ring (bicyclic) bond motifs is 3. The van der Waals surface area contributed by atoms with Crippen LogP contribution in [0.5, 0.6) is 0 Å². The molecule has 3 aromatic rings. The van der Waals surface area contributed by atoms with Crippen LogP contribution in [0.2, 0.25) is 0 Å². The second-order valence-corrected chi connectivity index (χ2v) is 7.91. The van der Waals surface area contributed by atoms with Crippen molar-refractivity contribution in [1.29, 1.82) is 0 Å². The number of pyridine rings is 1. The summed E-state index contributed by atoms with van der Waals surface area (Å²) in [6.07, 6.45) is 3.37. The fraction of sp³-hybridized carbons (Fsp3) is 0.286. The van der Waals surface area contributed by atoms with E-state index < -0.39 is 5.91 Å². The molecule has 168 valence electrons. The van der Waals surface area contributed by atoms with Crippen molar-refractivity contribution in [2.45, 2.75) is 12.8 Å². The van der Waals surface area contributed by atoms with Crippen LogP contribution in [0.15, 0.2) is 24.9 Å². The van der Waals surface area contributed by atoms with Crippen LogP contribution in [-0.2, 0) is 11.8 Å². The van der Waals surface area contributed by atoms with Gasteiger partial charge in [-0.2, -0.15) is 15.0 Å². The summed E-state index contributed by atoms with van der Waals surface area (Å²) in [5.41, 5.74) is 4.00. The van der Waals surface area contributed by atoms with Gasteiger partial charge in [0.15, 0.2) is 17.3 Å². The maximum absolute atomic E-state index is 12.4. The fourth-order valence-electron chi connectivity index (χ4n) is 3.69. The van der Waals surface area contributed by atoms with Crippen molar-refractivity contribution in [3.8, 4) is 11.3 Å². The molecule has 1 aliphatic carbocycles. The fourth-order valence-corrected chi connectivity index (χ4v) is 3.69. The summed E-state index contributed by atoms with van der Waals surface area (Å²) in [5.74, 6) is 0.185. The number of hydrogen-bond donors (Lipinski definition) is 3. The molecular weight excluding hydrogens is 424 g/mol. The Kier molecular flexibility index (Phi) is 4.77. The second-order valence-electron chi connectivity index (χ2n) is 7.91. The lowest BCUT2D eigenvalue weighted by Gasteiger charge is -2.29. The lowest BCUT2D eigenvalue weighted by atomic mass is 10.0. The quantitative estimate of drug-likeness (QED) is 0.532. The predicted octanol–water partition coefficient (Wildman–Crippen LogP) is 1.54. The van der Waals surface area contributed by atoms with Crippen LogP contribution in [0.3, 0.4) is 0 Å². The Morgan fingerprint density at radius 1 is 1.15 bits per heavy atom. The standard InChI is InChI=1S/C21H22N10O2/c1-10-15-16(29-31(4)28-15)12-7-8-23-19(18(12)30(10)3)24-13-9-14(25-20(32)11-5-6-11)26-27-17(13)21(33)22-2/h7-9,11H,1,5-6H2,2-4H3,(H,22,33)(H2,23,24,25,26,32). The molecule has 0 saturated heterocycles. The van der Waals surface area contributed by atoms with Crippen LogP contribution in [-0.4, -0.2) is 56.1 Å². The van der Waals surface area contributed by atoms with E-state index in [0.29, 0.717) is 28.6 Å². The molecule has 12 nitrogen and oxygen atoms in total. The summed E-state index contributed by atoms with van der Waals surface area (Å²) in [6, 6.07) is 3.42. The number of anilines is 4. The van der Waals surface area contributed by atoms with Gasteiger partial charge in [0.05, 0.1) is 17.1 Å². The van der Waals surface area contributed by atoms with Crippen molar-refractivity contribution in [2.75, 3.05) is 29.6 Å². The highest BCUT2D eigenvalue weighted by atomic mass is 16.2. The van der Waals surface area contributed by atoms with E-state index >= 15 is 0 Å². The highest BCUT2D eigenvalue weighted by molar-refractivity contribution is 6.03. The lowest BCUT2D eigenvalue weighted by Crippen LogP contribution is -2.24. The lowest BCUT2D eigenvalue weighted by molar-refractivity contribution is -0.117. The first-order chi connectivity index (χ1) is 15.9. The molecule has 0 unspecified atom stereocenters. The van der Waals surface area contributed by atoms with Crippen molar-refractivity contribution in [3.05, 3.63) is 36.3 Å². The van der Waals surface area contributed by atoms with E-state index in [1.165, 1.54) is 11.8 Å². The zero-order valence-electron chi connectivity index (χ0n) is 18.4. The van der Waals surface area contributed by atoms with Gasteiger partial charge in [-0.1, -0.05) is 6.58 Å². The van der Waals surface area contributed by atoms with Crippen LogP contribution in [0.4, 0.5) is 23.0 Å². The molecule has 5 rings (SSSR count). The molecule has 0 aromatic carbocycles. The minimum atomic E-state index is -0.427. The molecule has 2 amide bonds. The maximum Gasteiger partial charge on any atom is 0.273 e. The number of amides is 2. The summed E-state index contributed by atoms with van der Waals surface area (Å²) in [6.45, 7) is 4.15. The molecule has 0 bridgehead atoms. The SMILES string of the molecule is C=C1c2nn(C)nc2-c2ccnc(Nc3cc(NC(=O)C4CC4)nnc3C(=O)NC)c2N1C. The topological polar surface area (TPSA) is 143 Å². The van der Waals surface area contributed by atoms with Crippen molar-refractivity contribution >= 4 is 40.5 Å². The first-order valence-corrected chi connectivity index (χ1v) is 10.4. The molecule has 1 fully saturated rings. The summed E-state index contributed by atoms with van der Waals surface area (Å²) in [5, 5.41) is 25.4. The highest BCUT2D eigenvalue weighted by Crippen LogP contribution is 2.45. The van der Waals surface area contributed by atoms with Crippen LogP contribution in [0.25, 0.3) is 17.0 Å². The van der Waals surface area contributed by atoms with Crippen molar-refractivity contribution in [1.82, 2.24) is 35.5 Å². The highest BCUT2D eigenvalue weighted by Gasteiger charge is 2.32. The molecule has 3 aromatic heterocycles. The number of rotatable bonds is 5. The van der Waals surface area contributed by atoms with Crippen molar-refractivity contribution in [3.63, 3.8) is 0 Å². The number of nitrogens with zero attached hydrogens (tertiary/aromatic N) is 7. The zero-order chi connectivity index (χ0) is 23.3. The van der Waals surface area contributed by atoms with E-state index in [9.17, 15) is 9.59 Å². The molecule has 1 aliphatic heterocycles. The summed E-state index contributed by atoms with van der Waals surface area (Å²) < 4.78 is 0. The average Bonchev–Trinajstić information content (AvgIpc) is 3.58. The van der Waals surface area contributed by atoms with Gasteiger partial charge in [-0.25, -0.2) is 4.98 Å². The number of carbonyl (C=O) groups excluding carboxylic acids is 2. The molecule has 4 heterocycles. The Labute approximate surface area is 189 Å². The largest absolute Gasteiger partial charge is 0.354 e. The Hall–Kier alpha value is -4.35. The molecular formula is C21H22N10O2. The van der Waals surface area contributed by atoms with Gasteiger partial charge >= 0.3 is 0 Å². The van der Waals surface area contributed by atoms with Crippen LogP contribution < -0.4 is 20.9 Å². The normalized spacial score (nSPS) is 14.4. The van der Waals surface area contributed by atoms with Gasteiger partial charge in [-0.05, 0) is 18.9 Å². The van der Waals surface area contributed by atoms with E-state index in [1.54, 1.807) is 19.3 Å². The van der Waals surface area contributed by atoms with E-state index in [4.69, 9.17) is 0 Å². The van der Waals surface area contributed by atoms with E-state index in [0.717, 1.165) is 24.1 Å². The van der Waals surface area contributed by atoms with Crippen molar-refractivity contribution < 1.29 is 9.59 Å². The summed E-state index contributed by atoms with van der Waals surface area (Å²) in [7, 11) is 5.12. The Morgan fingerprint density at radius 2 is 1.91 bits per heavy atom. The minimum absolute atomic E-state index is 0.00507. The molecule has 12 heteroatoms. The summed E-state index contributed by atoms with van der Waals surface area (Å²) >= 11 is 0. The van der Waals surface area contributed by atoms with E-state index in [2.05, 4.69) is 47.9 Å². The molecule has 0 spiro atoms. The maximum atomic E-state index is 12.4. The van der Waals surface area contributed by atoms with Gasteiger partial charge in [-0.15, -0.1) is 10.2 Å². The van der Waals surface area contributed by atoms with Gasteiger partial charge in [0, 0.05) is 44.9 Å². The van der Waals surface area contributed by atoms with Gasteiger partial charge in [0.1, 0.15) is 11.4 Å². The van der Waals surface area contributed by atoms with E-state index in [1.807, 2.05) is 18.0 Å². The summed E-state index contributed by atoms with van der Waals surface area (Å²) in [4.78, 5) is 32.5. The predicted molar refractivity (Wildman–Crippen MR) is 122 cm³/mol. The molecule has 2 aliphatic rings. The van der Waals surface area contributed by atoms with Crippen LogP contribution in [0.1, 0.15) is 29.0 Å². The zero-order valence-corrected chi connectivity index (χ0v) is 18.4. The molecule has 0 radical (unpaired) electrons. The number of aryl methyl sites for hydroxylation is 1. The third-order valence-electron chi connectivity index (χ3n) is 5.60. The van der Waals surface area contributed by atoms with Gasteiger partial charge in [0.2, 0.25) is 5.91 Å². The third kappa shape index (κ3) is 3.54. The molecule has 0 atom stereocenters. The van der Waals surface area contributed by atoms with Gasteiger partial charge < -0.3 is 20.9 Å².